The van der Waals surface area contributed by atoms with E-state index in [0.717, 1.165) is 18.4 Å². The van der Waals surface area contributed by atoms with Gasteiger partial charge in [-0.3, -0.25) is 4.79 Å². The number of benzene rings is 1. The highest BCUT2D eigenvalue weighted by atomic mass is 16.5. The first-order valence-electron chi connectivity index (χ1n) is 7.25. The van der Waals surface area contributed by atoms with Gasteiger partial charge in [0.2, 0.25) is 0 Å². The first-order chi connectivity index (χ1) is 10.4. The van der Waals surface area contributed by atoms with Gasteiger partial charge in [0.05, 0.1) is 12.5 Å². The number of phenols is 1. The van der Waals surface area contributed by atoms with Crippen LogP contribution in [0.2, 0.25) is 0 Å². The summed E-state index contributed by atoms with van der Waals surface area (Å²) >= 11 is 0. The number of aliphatic imine (C=N–C) groups is 1. The number of rotatable bonds is 6. The molecule has 1 rings (SSSR count). The molecule has 6 heteroatoms. The van der Waals surface area contributed by atoms with Crippen LogP contribution in [-0.4, -0.2) is 29.9 Å². The lowest BCUT2D eigenvalue weighted by atomic mass is 10.2. The molecule has 120 valence electrons. The number of aryl methyl sites for hydroxylation is 1. The molecule has 1 unspecified atom stereocenters. The monoisotopic (exact) mass is 306 g/mol. The fourth-order valence-corrected chi connectivity index (χ4v) is 1.58. The predicted molar refractivity (Wildman–Crippen MR) is 85.4 cm³/mol. The number of anilines is 1. The van der Waals surface area contributed by atoms with E-state index in [4.69, 9.17) is 4.74 Å². The third-order valence-corrected chi connectivity index (χ3v) is 2.99. The van der Waals surface area contributed by atoms with Gasteiger partial charge >= 0.3 is 12.0 Å². The molecule has 1 aromatic carbocycles. The topological polar surface area (TPSA) is 88.0 Å². The Balaban J connectivity index is 2.53. The van der Waals surface area contributed by atoms with Crippen molar-refractivity contribution in [2.24, 2.45) is 10.9 Å². The van der Waals surface area contributed by atoms with E-state index < -0.39 is 17.9 Å². The summed E-state index contributed by atoms with van der Waals surface area (Å²) in [5, 5.41) is 11.9. The average Bonchev–Trinajstić information content (AvgIpc) is 2.48. The van der Waals surface area contributed by atoms with Gasteiger partial charge in [0.1, 0.15) is 5.75 Å². The number of aromatic hydroxyl groups is 1. The highest BCUT2D eigenvalue weighted by Crippen LogP contribution is 2.20. The maximum absolute atomic E-state index is 11.7. The molecule has 1 atom stereocenters. The minimum atomic E-state index is -0.609. The van der Waals surface area contributed by atoms with Crippen molar-refractivity contribution in [3.8, 4) is 5.75 Å². The second-order valence-electron chi connectivity index (χ2n) is 5.02. The summed E-state index contributed by atoms with van der Waals surface area (Å²) in [6.07, 6.45) is 3.01. The van der Waals surface area contributed by atoms with Gasteiger partial charge in [-0.05, 0) is 31.9 Å². The summed E-state index contributed by atoms with van der Waals surface area (Å²) in [6, 6.07) is 4.04. The van der Waals surface area contributed by atoms with Crippen molar-refractivity contribution >= 4 is 23.9 Å². The fraction of sp³-hybridized carbons (Fsp3) is 0.438. The molecule has 0 aliphatic carbocycles. The summed E-state index contributed by atoms with van der Waals surface area (Å²) < 4.78 is 5.03. The maximum Gasteiger partial charge on any atom is 0.345 e. The number of hydrogen-bond donors (Lipinski definition) is 2. The molecule has 0 aliphatic rings. The summed E-state index contributed by atoms with van der Waals surface area (Å²) in [5.41, 5.74) is 1.27. The van der Waals surface area contributed by atoms with E-state index in [1.807, 2.05) is 6.92 Å². The van der Waals surface area contributed by atoms with Crippen molar-refractivity contribution in [1.29, 1.82) is 0 Å². The van der Waals surface area contributed by atoms with Crippen LogP contribution in [-0.2, 0) is 9.53 Å². The van der Waals surface area contributed by atoms with E-state index >= 15 is 0 Å². The van der Waals surface area contributed by atoms with Crippen molar-refractivity contribution in [2.75, 3.05) is 11.9 Å². The number of carbonyl (C=O) groups excluding carboxylic acids is 2. The smallest absolute Gasteiger partial charge is 0.345 e. The molecule has 0 spiro atoms. The fourth-order valence-electron chi connectivity index (χ4n) is 1.58. The second kappa shape index (κ2) is 8.81. The van der Waals surface area contributed by atoms with E-state index in [1.54, 1.807) is 19.9 Å². The van der Waals surface area contributed by atoms with Crippen LogP contribution in [0.25, 0.3) is 0 Å². The molecule has 2 N–H and O–H groups in total. The minimum absolute atomic E-state index is 0.0535. The van der Waals surface area contributed by atoms with Crippen LogP contribution in [0.1, 0.15) is 32.3 Å². The van der Waals surface area contributed by atoms with Crippen LogP contribution >= 0.6 is 0 Å². The highest BCUT2D eigenvalue weighted by molar-refractivity contribution is 5.99. The molecule has 0 bridgehead atoms. The molecule has 22 heavy (non-hydrogen) atoms. The van der Waals surface area contributed by atoms with E-state index in [2.05, 4.69) is 10.3 Å². The lowest BCUT2D eigenvalue weighted by Gasteiger charge is -2.08. The second-order valence-corrected chi connectivity index (χ2v) is 5.02. The van der Waals surface area contributed by atoms with Crippen LogP contribution in [0, 0.1) is 12.8 Å². The third-order valence-electron chi connectivity index (χ3n) is 2.99. The Morgan fingerprint density at radius 2 is 2.18 bits per heavy atom. The maximum atomic E-state index is 11.7. The van der Waals surface area contributed by atoms with Gasteiger partial charge in [-0.15, -0.1) is 0 Å². The molecule has 6 nitrogen and oxygen atoms in total. The Morgan fingerprint density at radius 1 is 1.45 bits per heavy atom. The van der Waals surface area contributed by atoms with Gasteiger partial charge < -0.3 is 15.2 Å². The molecule has 0 saturated carbocycles. The number of nitrogens with one attached hydrogen (secondary N) is 1. The number of unbranched alkanes of at least 4 members (excludes halogenated alkanes) is 1. The summed E-state index contributed by atoms with van der Waals surface area (Å²) in [5.74, 6) is -0.941. The Hall–Kier alpha value is -2.37. The van der Waals surface area contributed by atoms with Crippen LogP contribution in [0.15, 0.2) is 23.2 Å². The zero-order valence-electron chi connectivity index (χ0n) is 13.1. The average molecular weight is 306 g/mol. The number of amides is 2. The van der Waals surface area contributed by atoms with Crippen LogP contribution in [0.4, 0.5) is 10.5 Å². The van der Waals surface area contributed by atoms with Crippen molar-refractivity contribution in [3.05, 3.63) is 23.8 Å². The number of urea groups is 1. The molecule has 1 aromatic rings. The largest absolute Gasteiger partial charge is 0.508 e. The van der Waals surface area contributed by atoms with Crippen LogP contribution < -0.4 is 5.32 Å². The SMILES string of the molecule is CCCCOC(=O)C(C)C=NC(=O)Nc1cc(O)ccc1C. The molecule has 0 fully saturated rings. The molecule has 0 radical (unpaired) electrons. The first kappa shape index (κ1) is 17.7. The van der Waals surface area contributed by atoms with Gasteiger partial charge in [0.25, 0.3) is 0 Å². The zero-order valence-corrected chi connectivity index (χ0v) is 13.1. The van der Waals surface area contributed by atoms with Gasteiger partial charge in [0.15, 0.2) is 0 Å². The van der Waals surface area contributed by atoms with Crippen molar-refractivity contribution in [1.82, 2.24) is 0 Å². The number of ether oxygens (including phenoxy) is 1. The van der Waals surface area contributed by atoms with Gasteiger partial charge in [-0.1, -0.05) is 19.4 Å². The molecular weight excluding hydrogens is 284 g/mol. The quantitative estimate of drug-likeness (QED) is 0.479. The zero-order chi connectivity index (χ0) is 16.5. The normalized spacial score (nSPS) is 12.1. The molecule has 0 aliphatic heterocycles. The number of carbonyl (C=O) groups is 2. The molecule has 0 heterocycles. The van der Waals surface area contributed by atoms with Crippen molar-refractivity contribution in [2.45, 2.75) is 33.6 Å². The van der Waals surface area contributed by atoms with Gasteiger partial charge in [-0.2, -0.15) is 0 Å². The van der Waals surface area contributed by atoms with E-state index in [1.165, 1.54) is 18.3 Å². The van der Waals surface area contributed by atoms with Crippen molar-refractivity contribution in [3.63, 3.8) is 0 Å². The lowest BCUT2D eigenvalue weighted by molar-refractivity contribution is -0.145. The van der Waals surface area contributed by atoms with Gasteiger partial charge in [-0.25, -0.2) is 9.79 Å². The first-order valence-corrected chi connectivity index (χ1v) is 7.25. The van der Waals surface area contributed by atoms with E-state index in [-0.39, 0.29) is 5.75 Å². The molecular formula is C16H22N2O4. The Morgan fingerprint density at radius 3 is 2.86 bits per heavy atom. The minimum Gasteiger partial charge on any atom is -0.508 e. The highest BCUT2D eigenvalue weighted by Gasteiger charge is 2.12. The number of esters is 1. The van der Waals surface area contributed by atoms with Gasteiger partial charge in [0, 0.05) is 18.0 Å². The summed E-state index contributed by atoms with van der Waals surface area (Å²) in [6.45, 7) is 5.80. The standard InChI is InChI=1S/C16H22N2O4/c1-4-5-8-22-15(20)12(3)10-17-16(21)18-14-9-13(19)7-6-11(14)2/h6-7,9-10,12,19H,4-5,8H2,1-3H3,(H,18,21). The third kappa shape index (κ3) is 5.95. The van der Waals surface area contributed by atoms with Crippen LogP contribution in [0.5, 0.6) is 5.75 Å². The van der Waals surface area contributed by atoms with E-state index in [0.29, 0.717) is 12.3 Å². The number of hydrogen-bond acceptors (Lipinski definition) is 4. The molecule has 0 aromatic heterocycles. The summed E-state index contributed by atoms with van der Waals surface area (Å²) in [4.78, 5) is 27.0. The molecule has 0 saturated heterocycles. The predicted octanol–water partition coefficient (Wildman–Crippen LogP) is 3.28. The Labute approximate surface area is 130 Å². The summed E-state index contributed by atoms with van der Waals surface area (Å²) in [7, 11) is 0. The Kier molecular flexibility index (Phi) is 7.08. The van der Waals surface area contributed by atoms with E-state index in [9.17, 15) is 14.7 Å². The number of nitrogens with zero attached hydrogens (tertiary/aromatic N) is 1. The van der Waals surface area contributed by atoms with Crippen molar-refractivity contribution < 1.29 is 19.4 Å². The Bertz CT molecular complexity index is 555. The van der Waals surface area contributed by atoms with Crippen LogP contribution in [0.3, 0.4) is 0 Å². The molecule has 2 amide bonds. The number of phenolic OH excluding ortho intramolecular Hbond substituents is 1. The lowest BCUT2D eigenvalue weighted by Crippen LogP contribution is -2.18.